The number of anilines is 2. The quantitative estimate of drug-likeness (QED) is 0.162. The molecular weight excluding hydrogens is 598 g/mol. The molecule has 1 aromatic carbocycles. The van der Waals surface area contributed by atoms with Crippen LogP contribution in [0, 0.1) is 17.6 Å². The second-order valence-electron chi connectivity index (χ2n) is 9.13. The van der Waals surface area contributed by atoms with Crippen LogP contribution in [0.4, 0.5) is 38.1 Å². The van der Waals surface area contributed by atoms with Crippen LogP contribution in [-0.2, 0) is 4.79 Å². The minimum atomic E-state index is -4.46. The Morgan fingerprint density at radius 2 is 1.82 bits per heavy atom. The zero-order valence-electron chi connectivity index (χ0n) is 21.1. The molecule has 0 bridgehead atoms. The van der Waals surface area contributed by atoms with Gasteiger partial charge in [0, 0.05) is 0 Å². The molecule has 2 amide bonds. The predicted octanol–water partition coefficient (Wildman–Crippen LogP) is 4.58. The van der Waals surface area contributed by atoms with Crippen molar-refractivity contribution < 1.29 is 31.5 Å². The molecule has 3 aromatic heterocycles. The Labute approximate surface area is 231 Å². The van der Waals surface area contributed by atoms with Gasteiger partial charge in [0.05, 0.1) is 0 Å². The number of amides is 2. The van der Waals surface area contributed by atoms with Gasteiger partial charge in [-0.15, -0.1) is 0 Å². The SMILES string of the molecule is CC(C)[C@H](NCC(F)(F)F)C(=O)Nc1cncc(-c2c[nH]c3ncc([As]C(=O)Nc4ccc(F)cc4F)cc23)c1. The van der Waals surface area contributed by atoms with E-state index >= 15 is 0 Å². The fourth-order valence-electron chi connectivity index (χ4n) is 3.88. The first kappa shape index (κ1) is 29.2. The summed E-state index contributed by atoms with van der Waals surface area (Å²) >= 11 is -1.14. The van der Waals surface area contributed by atoms with Gasteiger partial charge in [0.1, 0.15) is 0 Å². The molecule has 14 heteroatoms. The number of aromatic nitrogens is 3. The van der Waals surface area contributed by atoms with E-state index in [4.69, 9.17) is 0 Å². The van der Waals surface area contributed by atoms with Crippen LogP contribution in [0.2, 0.25) is 0 Å². The molecule has 0 saturated heterocycles. The molecule has 4 N–H and O–H groups in total. The van der Waals surface area contributed by atoms with Crippen LogP contribution < -0.4 is 20.3 Å². The van der Waals surface area contributed by atoms with Crippen molar-refractivity contribution >= 4 is 53.1 Å². The van der Waals surface area contributed by atoms with Crippen molar-refractivity contribution in [2.45, 2.75) is 26.1 Å². The summed E-state index contributed by atoms with van der Waals surface area (Å²) in [6, 6.07) is 5.17. The summed E-state index contributed by atoms with van der Waals surface area (Å²) in [5.74, 6) is -2.68. The van der Waals surface area contributed by atoms with E-state index in [9.17, 15) is 31.5 Å². The number of aromatic amines is 1. The molecule has 0 saturated carbocycles. The molecule has 0 fully saturated rings. The molecule has 1 atom stereocenters. The van der Waals surface area contributed by atoms with Crippen molar-refractivity contribution in [3.05, 3.63) is 66.8 Å². The normalized spacial score (nSPS) is 12.8. The first-order valence-corrected chi connectivity index (χ1v) is 13.8. The summed E-state index contributed by atoms with van der Waals surface area (Å²) < 4.78 is 65.2. The number of rotatable bonds is 9. The maximum atomic E-state index is 13.9. The van der Waals surface area contributed by atoms with Crippen LogP contribution in [0.25, 0.3) is 22.2 Å². The Morgan fingerprint density at radius 3 is 2.52 bits per heavy atom. The molecule has 40 heavy (non-hydrogen) atoms. The van der Waals surface area contributed by atoms with E-state index in [1.165, 1.54) is 12.4 Å². The van der Waals surface area contributed by atoms with Crippen molar-refractivity contribution in [1.82, 2.24) is 20.3 Å². The summed E-state index contributed by atoms with van der Waals surface area (Å²) in [6.07, 6.45) is 1.67. The number of alkyl halides is 3. The number of H-pyrrole nitrogens is 1. The average molecular weight is 621 g/mol. The fraction of sp³-hybridized carbons (Fsp3) is 0.231. The third-order valence-corrected chi connectivity index (χ3v) is 7.42. The van der Waals surface area contributed by atoms with Crippen LogP contribution in [0.1, 0.15) is 13.8 Å². The van der Waals surface area contributed by atoms with Gasteiger partial charge < -0.3 is 0 Å². The summed E-state index contributed by atoms with van der Waals surface area (Å²) in [5, 5.41) is 7.97. The Morgan fingerprint density at radius 1 is 1.05 bits per heavy atom. The molecule has 3 heterocycles. The van der Waals surface area contributed by atoms with Gasteiger partial charge in [-0.2, -0.15) is 13.2 Å². The van der Waals surface area contributed by atoms with Gasteiger partial charge in [0.25, 0.3) is 0 Å². The third kappa shape index (κ3) is 7.42. The van der Waals surface area contributed by atoms with Crippen molar-refractivity contribution in [2.75, 3.05) is 17.2 Å². The summed E-state index contributed by atoms with van der Waals surface area (Å²) in [5.41, 5.74) is 1.93. The predicted molar refractivity (Wildman–Crippen MR) is 141 cm³/mol. The van der Waals surface area contributed by atoms with E-state index in [0.717, 1.165) is 12.1 Å². The molecule has 0 unspecified atom stereocenters. The van der Waals surface area contributed by atoms with E-state index in [1.807, 2.05) is 0 Å². The van der Waals surface area contributed by atoms with Gasteiger partial charge >= 0.3 is 219 Å². The van der Waals surface area contributed by atoms with Gasteiger partial charge in [-0.25, -0.2) is 0 Å². The van der Waals surface area contributed by atoms with E-state index in [-0.39, 0.29) is 11.4 Å². The molecular formula is C26H23AsF5N6O2. The maximum absolute atomic E-state index is 13.9. The first-order valence-electron chi connectivity index (χ1n) is 11.9. The molecule has 4 rings (SSSR count). The van der Waals surface area contributed by atoms with Crippen LogP contribution >= 0.6 is 0 Å². The number of hydrogen-bond acceptors (Lipinski definition) is 5. The fourth-order valence-corrected chi connectivity index (χ4v) is 5.39. The molecule has 0 aliphatic heterocycles. The minimum absolute atomic E-state index is 0.128. The Kier molecular flexibility index (Phi) is 8.85. The van der Waals surface area contributed by atoms with Crippen LogP contribution in [0.15, 0.2) is 55.1 Å². The number of halogens is 5. The Hall–Kier alpha value is -3.83. The van der Waals surface area contributed by atoms with E-state index in [2.05, 4.69) is 30.9 Å². The zero-order valence-corrected chi connectivity index (χ0v) is 23.0. The van der Waals surface area contributed by atoms with Gasteiger partial charge in [0.2, 0.25) is 0 Å². The van der Waals surface area contributed by atoms with Crippen molar-refractivity contribution in [3.63, 3.8) is 0 Å². The van der Waals surface area contributed by atoms with E-state index < -0.39 is 62.7 Å². The molecule has 1 radical (unpaired) electrons. The van der Waals surface area contributed by atoms with Gasteiger partial charge in [-0.3, -0.25) is 0 Å². The van der Waals surface area contributed by atoms with Crippen LogP contribution in [0.3, 0.4) is 0 Å². The number of pyridine rings is 2. The topological polar surface area (TPSA) is 112 Å². The van der Waals surface area contributed by atoms with Gasteiger partial charge in [0.15, 0.2) is 0 Å². The molecule has 8 nitrogen and oxygen atoms in total. The second kappa shape index (κ2) is 12.1. The third-order valence-electron chi connectivity index (χ3n) is 5.71. The van der Waals surface area contributed by atoms with Crippen LogP contribution in [0.5, 0.6) is 0 Å². The first-order chi connectivity index (χ1) is 18.9. The number of benzene rings is 1. The molecule has 0 aliphatic carbocycles. The Balaban J connectivity index is 1.51. The van der Waals surface area contributed by atoms with Gasteiger partial charge in [-0.05, 0) is 0 Å². The molecule has 209 valence electrons. The van der Waals surface area contributed by atoms with Crippen LogP contribution in [-0.4, -0.2) is 60.1 Å². The van der Waals surface area contributed by atoms with E-state index in [0.29, 0.717) is 32.6 Å². The average Bonchev–Trinajstić information content (AvgIpc) is 3.28. The Bertz CT molecular complexity index is 1540. The van der Waals surface area contributed by atoms with E-state index in [1.54, 1.807) is 38.4 Å². The zero-order chi connectivity index (χ0) is 29.0. The monoisotopic (exact) mass is 621 g/mol. The number of nitrogens with zero attached hydrogens (tertiary/aromatic N) is 2. The number of nitrogens with one attached hydrogen (secondary N) is 4. The number of carbonyl (C=O) groups is 2. The second-order valence-corrected chi connectivity index (χ2v) is 11.5. The summed E-state index contributed by atoms with van der Waals surface area (Å²) in [7, 11) is 0. The molecule has 0 aliphatic rings. The number of fused-ring (bicyclic) bond motifs is 1. The number of hydrogen-bond donors (Lipinski definition) is 4. The molecule has 4 aromatic rings. The van der Waals surface area contributed by atoms with Crippen molar-refractivity contribution in [2.24, 2.45) is 5.92 Å². The number of carbonyl (C=O) groups excluding carboxylic acids is 2. The standard InChI is InChI=1S/C26H23AsF5N6O2/c1-13(2)22(36-12-26(30,31)32)24(39)37-17-5-14(8-33-10-17)19-11-35-23-18(19)6-15(9-34-23)27-25(40)38-21-4-3-16(28)7-20(21)29/h3-11,13,22,36H,12H2,1-2H3,(H,34,35)(H,37,39)(H,38,40)/t22-/m0/s1. The van der Waals surface area contributed by atoms with Crippen molar-refractivity contribution in [3.8, 4) is 11.1 Å². The summed E-state index contributed by atoms with van der Waals surface area (Å²) in [4.78, 5) is 36.8. The van der Waals surface area contributed by atoms with Crippen molar-refractivity contribution in [1.29, 1.82) is 0 Å². The summed E-state index contributed by atoms with van der Waals surface area (Å²) in [6.45, 7) is 1.97. The van der Waals surface area contributed by atoms with Gasteiger partial charge in [-0.1, -0.05) is 0 Å². The molecule has 0 spiro atoms.